The van der Waals surface area contributed by atoms with Crippen LogP contribution in [0.25, 0.3) is 0 Å². The Labute approximate surface area is 136 Å². The predicted octanol–water partition coefficient (Wildman–Crippen LogP) is 3.61. The van der Waals surface area contributed by atoms with Gasteiger partial charge in [-0.05, 0) is 42.7 Å². The van der Waals surface area contributed by atoms with Gasteiger partial charge in [0.2, 0.25) is 5.91 Å². The number of pyridine rings is 2. The Balaban J connectivity index is 1.51. The number of carbonyl (C=O) groups excluding carboxylic acids is 1. The summed E-state index contributed by atoms with van der Waals surface area (Å²) in [5.41, 5.74) is 1.91. The van der Waals surface area contributed by atoms with Crippen LogP contribution in [-0.2, 0) is 11.3 Å². The van der Waals surface area contributed by atoms with Gasteiger partial charge in [0.15, 0.2) is 0 Å². The zero-order valence-corrected chi connectivity index (χ0v) is 13.2. The van der Waals surface area contributed by atoms with E-state index in [0.717, 1.165) is 42.8 Å². The molecule has 0 aliphatic heterocycles. The molecule has 2 aromatic rings. The van der Waals surface area contributed by atoms with Crippen molar-refractivity contribution >= 4 is 17.4 Å². The summed E-state index contributed by atoms with van der Waals surface area (Å²) in [6.07, 6.45) is 10.8. The molecule has 120 valence electrons. The zero-order valence-electron chi connectivity index (χ0n) is 13.2. The molecule has 2 N–H and O–H groups in total. The summed E-state index contributed by atoms with van der Waals surface area (Å²) in [5.74, 6) is 1.08. The van der Waals surface area contributed by atoms with Crippen LogP contribution < -0.4 is 10.6 Å². The Hall–Kier alpha value is -2.43. The first-order chi connectivity index (χ1) is 11.3. The quantitative estimate of drug-likeness (QED) is 0.885. The van der Waals surface area contributed by atoms with E-state index in [1.165, 1.54) is 6.42 Å². The van der Waals surface area contributed by atoms with Crippen LogP contribution in [0, 0.1) is 5.92 Å². The Kier molecular flexibility index (Phi) is 5.19. The second kappa shape index (κ2) is 7.72. The van der Waals surface area contributed by atoms with Gasteiger partial charge in [0, 0.05) is 24.9 Å². The maximum absolute atomic E-state index is 12.2. The molecule has 5 heteroatoms. The Morgan fingerprint density at radius 1 is 1.09 bits per heavy atom. The van der Waals surface area contributed by atoms with Crippen molar-refractivity contribution in [2.75, 3.05) is 10.6 Å². The number of aromatic nitrogens is 2. The molecule has 0 bridgehead atoms. The highest BCUT2D eigenvalue weighted by Gasteiger charge is 2.20. The van der Waals surface area contributed by atoms with E-state index in [1.807, 2.05) is 24.3 Å². The normalized spacial score (nSPS) is 15.1. The highest BCUT2D eigenvalue weighted by Crippen LogP contribution is 2.25. The summed E-state index contributed by atoms with van der Waals surface area (Å²) in [7, 11) is 0. The SMILES string of the molecule is O=C(Nc1ccc(NCc2ccncc2)nc1)C1CCCCC1. The molecule has 1 fully saturated rings. The molecule has 0 radical (unpaired) electrons. The number of rotatable bonds is 5. The van der Waals surface area contributed by atoms with Crippen molar-refractivity contribution in [1.82, 2.24) is 9.97 Å². The van der Waals surface area contributed by atoms with Crippen LogP contribution in [0.15, 0.2) is 42.9 Å². The fourth-order valence-electron chi connectivity index (χ4n) is 2.87. The summed E-state index contributed by atoms with van der Waals surface area (Å²) in [6.45, 7) is 0.698. The number of nitrogens with zero attached hydrogens (tertiary/aromatic N) is 2. The van der Waals surface area contributed by atoms with Crippen molar-refractivity contribution in [3.8, 4) is 0 Å². The van der Waals surface area contributed by atoms with Crippen LogP contribution in [0.3, 0.4) is 0 Å². The van der Waals surface area contributed by atoms with E-state index in [4.69, 9.17) is 0 Å². The van der Waals surface area contributed by atoms with Gasteiger partial charge in [-0.1, -0.05) is 19.3 Å². The maximum atomic E-state index is 12.2. The van der Waals surface area contributed by atoms with Crippen molar-refractivity contribution in [2.24, 2.45) is 5.92 Å². The first-order valence-corrected chi connectivity index (χ1v) is 8.21. The number of hydrogen-bond acceptors (Lipinski definition) is 4. The number of carbonyl (C=O) groups is 1. The number of nitrogens with one attached hydrogen (secondary N) is 2. The lowest BCUT2D eigenvalue weighted by molar-refractivity contribution is -0.120. The van der Waals surface area contributed by atoms with E-state index in [1.54, 1.807) is 18.6 Å². The Morgan fingerprint density at radius 2 is 1.87 bits per heavy atom. The van der Waals surface area contributed by atoms with Crippen molar-refractivity contribution < 1.29 is 4.79 Å². The second-order valence-electron chi connectivity index (χ2n) is 5.97. The minimum atomic E-state index is 0.129. The minimum absolute atomic E-state index is 0.129. The second-order valence-corrected chi connectivity index (χ2v) is 5.97. The molecular weight excluding hydrogens is 288 g/mol. The van der Waals surface area contributed by atoms with Gasteiger partial charge in [-0.25, -0.2) is 4.98 Å². The number of hydrogen-bond donors (Lipinski definition) is 2. The van der Waals surface area contributed by atoms with Gasteiger partial charge in [0.05, 0.1) is 11.9 Å². The average molecular weight is 310 g/mol. The van der Waals surface area contributed by atoms with E-state index < -0.39 is 0 Å². The Bertz CT molecular complexity index is 621. The topological polar surface area (TPSA) is 66.9 Å². The summed E-state index contributed by atoms with van der Waals surface area (Å²) >= 11 is 0. The van der Waals surface area contributed by atoms with Crippen molar-refractivity contribution in [1.29, 1.82) is 0 Å². The molecule has 1 amide bonds. The van der Waals surface area contributed by atoms with E-state index in [9.17, 15) is 4.79 Å². The lowest BCUT2D eigenvalue weighted by Gasteiger charge is -2.20. The van der Waals surface area contributed by atoms with Gasteiger partial charge >= 0.3 is 0 Å². The zero-order chi connectivity index (χ0) is 15.9. The third-order valence-electron chi connectivity index (χ3n) is 4.23. The van der Waals surface area contributed by atoms with Crippen LogP contribution in [0.2, 0.25) is 0 Å². The Morgan fingerprint density at radius 3 is 2.57 bits per heavy atom. The molecule has 0 atom stereocenters. The fraction of sp³-hybridized carbons (Fsp3) is 0.389. The van der Waals surface area contributed by atoms with Crippen LogP contribution in [0.5, 0.6) is 0 Å². The highest BCUT2D eigenvalue weighted by atomic mass is 16.1. The van der Waals surface area contributed by atoms with Gasteiger partial charge < -0.3 is 10.6 Å². The van der Waals surface area contributed by atoms with Gasteiger partial charge in [-0.15, -0.1) is 0 Å². The molecular formula is C18H22N4O. The average Bonchev–Trinajstić information content (AvgIpc) is 2.63. The number of anilines is 2. The molecule has 5 nitrogen and oxygen atoms in total. The van der Waals surface area contributed by atoms with E-state index in [2.05, 4.69) is 20.6 Å². The molecule has 2 aromatic heterocycles. The summed E-state index contributed by atoms with van der Waals surface area (Å²) in [6, 6.07) is 7.71. The molecule has 3 rings (SSSR count). The van der Waals surface area contributed by atoms with Crippen LogP contribution >= 0.6 is 0 Å². The predicted molar refractivity (Wildman–Crippen MR) is 91.0 cm³/mol. The van der Waals surface area contributed by atoms with E-state index in [0.29, 0.717) is 6.54 Å². The number of amides is 1. The first kappa shape index (κ1) is 15.5. The smallest absolute Gasteiger partial charge is 0.227 e. The van der Waals surface area contributed by atoms with Crippen molar-refractivity contribution in [2.45, 2.75) is 38.6 Å². The molecule has 0 aromatic carbocycles. The molecule has 0 unspecified atom stereocenters. The third kappa shape index (κ3) is 4.52. The largest absolute Gasteiger partial charge is 0.366 e. The van der Waals surface area contributed by atoms with Gasteiger partial charge in [0.25, 0.3) is 0 Å². The van der Waals surface area contributed by atoms with Crippen LogP contribution in [-0.4, -0.2) is 15.9 Å². The van der Waals surface area contributed by atoms with E-state index >= 15 is 0 Å². The fourth-order valence-corrected chi connectivity index (χ4v) is 2.87. The van der Waals surface area contributed by atoms with Crippen molar-refractivity contribution in [3.05, 3.63) is 48.4 Å². The third-order valence-corrected chi connectivity index (χ3v) is 4.23. The molecule has 2 heterocycles. The molecule has 1 saturated carbocycles. The lowest BCUT2D eigenvalue weighted by Crippen LogP contribution is -2.24. The monoisotopic (exact) mass is 310 g/mol. The van der Waals surface area contributed by atoms with Crippen LogP contribution in [0.4, 0.5) is 11.5 Å². The van der Waals surface area contributed by atoms with Crippen molar-refractivity contribution in [3.63, 3.8) is 0 Å². The standard InChI is InChI=1S/C18H22N4O/c23-18(15-4-2-1-3-5-15)22-16-6-7-17(21-13-16)20-12-14-8-10-19-11-9-14/h6-11,13,15H,1-5,12H2,(H,20,21)(H,22,23). The molecule has 23 heavy (non-hydrogen) atoms. The highest BCUT2D eigenvalue weighted by molar-refractivity contribution is 5.92. The lowest BCUT2D eigenvalue weighted by atomic mass is 9.88. The minimum Gasteiger partial charge on any atom is -0.366 e. The summed E-state index contributed by atoms with van der Waals surface area (Å²) < 4.78 is 0. The first-order valence-electron chi connectivity index (χ1n) is 8.21. The van der Waals surface area contributed by atoms with Gasteiger partial charge in [0.1, 0.15) is 5.82 Å². The molecule has 1 aliphatic carbocycles. The molecule has 0 spiro atoms. The van der Waals surface area contributed by atoms with E-state index in [-0.39, 0.29) is 11.8 Å². The van der Waals surface area contributed by atoms with Gasteiger partial charge in [-0.3, -0.25) is 9.78 Å². The molecule has 1 aliphatic rings. The van der Waals surface area contributed by atoms with Gasteiger partial charge in [-0.2, -0.15) is 0 Å². The summed E-state index contributed by atoms with van der Waals surface area (Å²) in [5, 5.41) is 6.23. The van der Waals surface area contributed by atoms with Crippen LogP contribution in [0.1, 0.15) is 37.7 Å². The maximum Gasteiger partial charge on any atom is 0.227 e. The summed E-state index contributed by atoms with van der Waals surface area (Å²) in [4.78, 5) is 20.5. The molecule has 0 saturated heterocycles.